The molecule has 0 saturated heterocycles. The van der Waals surface area contributed by atoms with Gasteiger partial charge < -0.3 is 14.9 Å². The molecule has 0 amide bonds. The molecule has 0 saturated carbocycles. The summed E-state index contributed by atoms with van der Waals surface area (Å²) in [6.45, 7) is 20.7. The summed E-state index contributed by atoms with van der Waals surface area (Å²) in [5.74, 6) is 0. The summed E-state index contributed by atoms with van der Waals surface area (Å²) < 4.78 is 0. The molecule has 2 heteroatoms. The van der Waals surface area contributed by atoms with E-state index in [4.69, 9.17) is 0 Å². The van der Waals surface area contributed by atoms with E-state index < -0.39 is 9.52 Å². The van der Waals surface area contributed by atoms with Crippen LogP contribution >= 0.6 is 0 Å². The van der Waals surface area contributed by atoms with Gasteiger partial charge in [-0.05, 0) is 67.0 Å². The Labute approximate surface area is 222 Å². The second-order valence-electron chi connectivity index (χ2n) is 9.31. The van der Waals surface area contributed by atoms with Crippen molar-refractivity contribution in [2.45, 2.75) is 80.7 Å². The van der Waals surface area contributed by atoms with Gasteiger partial charge >= 0.3 is 21.7 Å². The average Bonchev–Trinajstić information content (AvgIpc) is 2.92. The zero-order chi connectivity index (χ0) is 22.2. The Balaban J connectivity index is 0.00000341. The topological polar surface area (TPSA) is 0 Å². The Bertz CT molecular complexity index is 1000. The van der Waals surface area contributed by atoms with Gasteiger partial charge in [-0.15, -0.1) is 5.56 Å². The summed E-state index contributed by atoms with van der Waals surface area (Å²) in [5, 5.41) is 1.59. The average molecular weight is 494 g/mol. The Kier molecular flexibility index (Phi) is 12.5. The summed E-state index contributed by atoms with van der Waals surface area (Å²) in [5.41, 5.74) is 17.0. The maximum atomic E-state index is 2.50. The molecule has 0 nitrogen and oxygen atoms in total. The molecule has 0 aliphatic rings. The summed E-state index contributed by atoms with van der Waals surface area (Å²) in [4.78, 5) is 0. The van der Waals surface area contributed by atoms with Gasteiger partial charge in [-0.25, -0.2) is 0 Å². The Morgan fingerprint density at radius 3 is 1.48 bits per heavy atom. The predicted octanol–water partition coefficient (Wildman–Crippen LogP) is 7.17. The third-order valence-corrected chi connectivity index (χ3v) is 9.73. The van der Waals surface area contributed by atoms with Crippen LogP contribution < -0.4 is 5.19 Å². The van der Waals surface area contributed by atoms with E-state index in [-0.39, 0.29) is 36.6 Å². The number of benzene rings is 2. The second kappa shape index (κ2) is 13.0. The van der Waals surface area contributed by atoms with Gasteiger partial charge in [0.15, 0.2) is 0 Å². The van der Waals surface area contributed by atoms with E-state index in [9.17, 15) is 0 Å². The maximum absolute atomic E-state index is 2.50. The molecule has 1 atom stereocenters. The molecule has 0 heterocycles. The normalized spacial score (nSPS) is 11.7. The van der Waals surface area contributed by atoms with E-state index in [0.29, 0.717) is 5.54 Å². The molecule has 1 radical (unpaired) electrons. The summed E-state index contributed by atoms with van der Waals surface area (Å²) in [7, 11) is -0.545. The van der Waals surface area contributed by atoms with Gasteiger partial charge in [-0.3, -0.25) is 0 Å². The van der Waals surface area contributed by atoms with Crippen LogP contribution in [0.3, 0.4) is 0 Å². The molecule has 33 heavy (non-hydrogen) atoms. The molecule has 3 rings (SSSR count). The molecule has 1 unspecified atom stereocenters. The van der Waals surface area contributed by atoms with Crippen molar-refractivity contribution in [2.24, 2.45) is 0 Å². The number of rotatable bonds is 6. The fraction of sp³-hybridized carbons (Fsp3) is 0.387. The molecule has 3 aromatic carbocycles. The van der Waals surface area contributed by atoms with Crippen LogP contribution in [0.25, 0.3) is 0 Å². The van der Waals surface area contributed by atoms with Gasteiger partial charge in [0, 0.05) is 0 Å². The molecular formula is C31H45SiTi. The van der Waals surface area contributed by atoms with E-state index in [0.717, 1.165) is 12.8 Å². The van der Waals surface area contributed by atoms with E-state index in [1.807, 2.05) is 0 Å². The van der Waals surface area contributed by atoms with Crippen molar-refractivity contribution in [1.82, 2.24) is 0 Å². The van der Waals surface area contributed by atoms with Gasteiger partial charge in [0.05, 0.1) is 9.52 Å². The zero-order valence-corrected chi connectivity index (χ0v) is 26.1. The molecule has 0 N–H and O–H groups in total. The SMILES string of the molecule is CCc1cc(CC)cc(C([SiH2]c2cc(C)c(C)c(C)c2)[c-]2c(C)c(C)c(C)c2C)c1.[CH3-].[CH3-].[Ti+3]. The molecular weight excluding hydrogens is 448 g/mol. The zero-order valence-electron chi connectivity index (χ0n) is 23.1. The molecule has 0 aliphatic carbocycles. The van der Waals surface area contributed by atoms with Crippen molar-refractivity contribution in [3.05, 3.63) is 106 Å². The first-order valence-corrected chi connectivity index (χ1v) is 13.1. The molecule has 0 fully saturated rings. The molecule has 0 bridgehead atoms. The minimum absolute atomic E-state index is 0. The minimum atomic E-state index is -0.545. The smallest absolute Gasteiger partial charge is 0.358 e. The maximum Gasteiger partial charge on any atom is 3.00 e. The van der Waals surface area contributed by atoms with E-state index in [1.165, 1.54) is 50.1 Å². The standard InChI is InChI=1S/C29H39Si.2CH3.Ti/c1-10-24-14-25(11-2)16-26(15-24)29(28-22(8)20(6)21(7)23(28)9)30-27-12-17(3)19(5)18(4)13-27;;;/h12-16,29H,10-11,30H2,1-9H3;2*1H3;/q3*-1;+3. The van der Waals surface area contributed by atoms with Gasteiger partial charge in [0.25, 0.3) is 0 Å². The largest absolute Gasteiger partial charge is 3.00 e. The molecule has 177 valence electrons. The third-order valence-electron chi connectivity index (χ3n) is 7.56. The fourth-order valence-electron chi connectivity index (χ4n) is 5.04. The van der Waals surface area contributed by atoms with Gasteiger partial charge in [-0.2, -0.15) is 22.3 Å². The van der Waals surface area contributed by atoms with Crippen molar-refractivity contribution in [2.75, 3.05) is 0 Å². The molecule has 0 aromatic heterocycles. The van der Waals surface area contributed by atoms with Crippen LogP contribution in [0.5, 0.6) is 0 Å². The Morgan fingerprint density at radius 2 is 1.09 bits per heavy atom. The first kappa shape index (κ1) is 31.7. The van der Waals surface area contributed by atoms with Crippen LogP contribution in [0, 0.1) is 63.3 Å². The predicted molar refractivity (Wildman–Crippen MR) is 150 cm³/mol. The van der Waals surface area contributed by atoms with Crippen molar-refractivity contribution in [3.63, 3.8) is 0 Å². The molecule has 0 aliphatic heterocycles. The Morgan fingerprint density at radius 1 is 0.667 bits per heavy atom. The van der Waals surface area contributed by atoms with Crippen molar-refractivity contribution in [1.29, 1.82) is 0 Å². The monoisotopic (exact) mass is 493 g/mol. The quantitative estimate of drug-likeness (QED) is 0.252. The first-order chi connectivity index (χ1) is 14.2. The second-order valence-corrected chi connectivity index (χ2v) is 11.4. The van der Waals surface area contributed by atoms with Crippen molar-refractivity contribution in [3.8, 4) is 0 Å². The van der Waals surface area contributed by atoms with Crippen LogP contribution in [0.2, 0.25) is 0 Å². The minimum Gasteiger partial charge on any atom is -0.358 e. The molecule has 0 spiro atoms. The summed E-state index contributed by atoms with van der Waals surface area (Å²) in [6.07, 6.45) is 2.21. The number of aryl methyl sites for hydroxylation is 4. The van der Waals surface area contributed by atoms with Crippen LogP contribution in [-0.2, 0) is 34.6 Å². The van der Waals surface area contributed by atoms with Crippen molar-refractivity contribution >= 4 is 14.7 Å². The van der Waals surface area contributed by atoms with E-state index in [1.54, 1.807) is 16.3 Å². The van der Waals surface area contributed by atoms with E-state index in [2.05, 4.69) is 92.6 Å². The van der Waals surface area contributed by atoms with Crippen LogP contribution in [-0.4, -0.2) is 9.52 Å². The molecule has 3 aromatic rings. The number of hydrogen-bond acceptors (Lipinski definition) is 0. The van der Waals surface area contributed by atoms with Crippen LogP contribution in [0.4, 0.5) is 0 Å². The van der Waals surface area contributed by atoms with Gasteiger partial charge in [0.1, 0.15) is 0 Å². The van der Waals surface area contributed by atoms with Crippen LogP contribution in [0.1, 0.15) is 80.6 Å². The summed E-state index contributed by atoms with van der Waals surface area (Å²) in [6, 6.07) is 12.4. The van der Waals surface area contributed by atoms with Gasteiger partial charge in [-0.1, -0.05) is 82.6 Å². The first-order valence-electron chi connectivity index (χ1n) is 11.6. The van der Waals surface area contributed by atoms with Crippen molar-refractivity contribution < 1.29 is 21.7 Å². The number of hydrogen-bond donors (Lipinski definition) is 0. The Hall–Kier alpha value is -1.28. The van der Waals surface area contributed by atoms with Crippen LogP contribution in [0.15, 0.2) is 30.3 Å². The third kappa shape index (κ3) is 6.44. The van der Waals surface area contributed by atoms with Gasteiger partial charge in [0.2, 0.25) is 0 Å². The van der Waals surface area contributed by atoms with E-state index >= 15 is 0 Å². The summed E-state index contributed by atoms with van der Waals surface area (Å²) >= 11 is 0. The fourth-order valence-corrected chi connectivity index (χ4v) is 7.64.